The zero-order chi connectivity index (χ0) is 12.5. The van der Waals surface area contributed by atoms with Crippen LogP contribution in [0.2, 0.25) is 0 Å². The third-order valence-corrected chi connectivity index (χ3v) is 2.84. The molecule has 1 heterocycles. The average Bonchev–Trinajstić information content (AvgIpc) is 2.35. The Hall–Kier alpha value is -0.650. The number of carbonyl (C=O) groups excluding carboxylic acids is 1. The maximum atomic E-state index is 11.7. The Morgan fingerprint density at radius 1 is 1.59 bits per heavy atom. The lowest BCUT2D eigenvalue weighted by Crippen LogP contribution is -2.42. The fourth-order valence-corrected chi connectivity index (χ4v) is 1.86. The number of hydrogen-bond acceptors (Lipinski definition) is 4. The number of nitrogens with one attached hydrogen (secondary N) is 2. The lowest BCUT2D eigenvalue weighted by atomic mass is 10.1. The van der Waals surface area contributed by atoms with E-state index in [1.54, 1.807) is 14.0 Å². The van der Waals surface area contributed by atoms with Crippen molar-refractivity contribution in [3.05, 3.63) is 0 Å². The molecule has 0 bridgehead atoms. The van der Waals surface area contributed by atoms with Gasteiger partial charge in [0.15, 0.2) is 0 Å². The van der Waals surface area contributed by atoms with E-state index in [-0.39, 0.29) is 18.1 Å². The van der Waals surface area contributed by atoms with Gasteiger partial charge in [0, 0.05) is 26.8 Å². The molecule has 0 aromatic carbocycles. The Morgan fingerprint density at radius 3 is 3.06 bits per heavy atom. The van der Waals surface area contributed by atoms with Gasteiger partial charge < -0.3 is 20.1 Å². The molecule has 2 N–H and O–H groups in total. The molecule has 0 aliphatic carbocycles. The normalized spacial score (nSPS) is 22.1. The minimum absolute atomic E-state index is 0.0355. The van der Waals surface area contributed by atoms with Crippen LogP contribution in [0.1, 0.15) is 26.2 Å². The third kappa shape index (κ3) is 6.00. The smallest absolute Gasteiger partial charge is 0.248 e. The van der Waals surface area contributed by atoms with Gasteiger partial charge in [0.25, 0.3) is 0 Å². The lowest BCUT2D eigenvalue weighted by Gasteiger charge is -2.25. The van der Waals surface area contributed by atoms with Gasteiger partial charge in [-0.25, -0.2) is 0 Å². The van der Waals surface area contributed by atoms with E-state index in [1.165, 1.54) is 0 Å². The van der Waals surface area contributed by atoms with Gasteiger partial charge in [0.2, 0.25) is 5.91 Å². The molecule has 0 spiro atoms. The zero-order valence-electron chi connectivity index (χ0n) is 10.8. The van der Waals surface area contributed by atoms with Crippen molar-refractivity contribution in [2.75, 3.05) is 33.4 Å². The van der Waals surface area contributed by atoms with Crippen LogP contribution in [0.4, 0.5) is 0 Å². The second-order valence-corrected chi connectivity index (χ2v) is 4.38. The molecule has 2 atom stereocenters. The van der Waals surface area contributed by atoms with E-state index in [1.807, 2.05) is 0 Å². The Morgan fingerprint density at radius 2 is 2.41 bits per heavy atom. The van der Waals surface area contributed by atoms with Crippen molar-refractivity contribution in [2.24, 2.45) is 0 Å². The van der Waals surface area contributed by atoms with Crippen molar-refractivity contribution in [3.8, 4) is 0 Å². The molecule has 5 nitrogen and oxygen atoms in total. The second-order valence-electron chi connectivity index (χ2n) is 4.38. The Balaban J connectivity index is 2.12. The van der Waals surface area contributed by atoms with Crippen molar-refractivity contribution in [2.45, 2.75) is 38.4 Å². The molecule has 17 heavy (non-hydrogen) atoms. The van der Waals surface area contributed by atoms with Crippen LogP contribution in [0, 0.1) is 0 Å². The molecule has 1 aliphatic rings. The monoisotopic (exact) mass is 244 g/mol. The van der Waals surface area contributed by atoms with E-state index in [0.29, 0.717) is 13.2 Å². The van der Waals surface area contributed by atoms with Crippen LogP contribution in [-0.2, 0) is 14.3 Å². The highest BCUT2D eigenvalue weighted by molar-refractivity contribution is 5.80. The molecule has 1 saturated heterocycles. The predicted octanol–water partition coefficient (Wildman–Crippen LogP) is 0.296. The van der Waals surface area contributed by atoms with Crippen LogP contribution < -0.4 is 10.6 Å². The predicted molar refractivity (Wildman–Crippen MR) is 65.9 cm³/mol. The summed E-state index contributed by atoms with van der Waals surface area (Å²) in [6.07, 6.45) is 2.78. The first-order valence-corrected chi connectivity index (χ1v) is 6.37. The van der Waals surface area contributed by atoms with Gasteiger partial charge in [-0.3, -0.25) is 4.79 Å². The van der Waals surface area contributed by atoms with Crippen molar-refractivity contribution in [1.29, 1.82) is 0 Å². The van der Waals surface area contributed by atoms with Gasteiger partial charge in [-0.1, -0.05) is 0 Å². The summed E-state index contributed by atoms with van der Waals surface area (Å²) in [5.74, 6) is -0.0355. The molecule has 0 aromatic heterocycles. The van der Waals surface area contributed by atoms with Crippen LogP contribution in [-0.4, -0.2) is 51.5 Å². The van der Waals surface area contributed by atoms with E-state index >= 15 is 0 Å². The van der Waals surface area contributed by atoms with Gasteiger partial charge in [-0.2, -0.15) is 0 Å². The molecule has 1 fully saturated rings. The molecular formula is C12H24N2O3. The fourth-order valence-electron chi connectivity index (χ4n) is 1.86. The van der Waals surface area contributed by atoms with Gasteiger partial charge in [0.05, 0.1) is 6.10 Å². The van der Waals surface area contributed by atoms with Crippen molar-refractivity contribution < 1.29 is 14.3 Å². The molecule has 0 radical (unpaired) electrons. The maximum Gasteiger partial charge on any atom is 0.248 e. The lowest BCUT2D eigenvalue weighted by molar-refractivity contribution is -0.135. The SMILES string of the molecule is COCCCNC(=O)C(C)O[C@H]1CCCNC1. The quantitative estimate of drug-likeness (QED) is 0.632. The summed E-state index contributed by atoms with van der Waals surface area (Å²) in [5, 5.41) is 6.11. The first kappa shape index (κ1) is 14.4. The largest absolute Gasteiger partial charge is 0.385 e. The number of piperidine rings is 1. The number of amides is 1. The average molecular weight is 244 g/mol. The molecule has 1 amide bonds. The summed E-state index contributed by atoms with van der Waals surface area (Å²) in [5.41, 5.74) is 0. The van der Waals surface area contributed by atoms with E-state index in [9.17, 15) is 4.79 Å². The van der Waals surface area contributed by atoms with Gasteiger partial charge in [0.1, 0.15) is 6.10 Å². The minimum Gasteiger partial charge on any atom is -0.385 e. The van der Waals surface area contributed by atoms with Crippen LogP contribution in [0.5, 0.6) is 0 Å². The highest BCUT2D eigenvalue weighted by atomic mass is 16.5. The van der Waals surface area contributed by atoms with Gasteiger partial charge in [-0.05, 0) is 32.7 Å². The fraction of sp³-hybridized carbons (Fsp3) is 0.917. The molecule has 5 heteroatoms. The molecule has 100 valence electrons. The van der Waals surface area contributed by atoms with E-state index in [2.05, 4.69) is 10.6 Å². The second kappa shape index (κ2) is 8.44. The van der Waals surface area contributed by atoms with E-state index in [4.69, 9.17) is 9.47 Å². The first-order chi connectivity index (χ1) is 8.24. The summed E-state index contributed by atoms with van der Waals surface area (Å²) < 4.78 is 10.6. The Labute approximate surface area is 103 Å². The number of ether oxygens (including phenoxy) is 2. The van der Waals surface area contributed by atoms with Crippen molar-refractivity contribution in [3.63, 3.8) is 0 Å². The van der Waals surface area contributed by atoms with E-state index < -0.39 is 0 Å². The zero-order valence-corrected chi connectivity index (χ0v) is 10.8. The molecule has 0 aromatic rings. The highest BCUT2D eigenvalue weighted by Crippen LogP contribution is 2.08. The van der Waals surface area contributed by atoms with Gasteiger partial charge in [-0.15, -0.1) is 0 Å². The number of carbonyl (C=O) groups is 1. The van der Waals surface area contributed by atoms with Crippen LogP contribution in [0.25, 0.3) is 0 Å². The van der Waals surface area contributed by atoms with E-state index in [0.717, 1.165) is 32.4 Å². The first-order valence-electron chi connectivity index (χ1n) is 6.37. The highest BCUT2D eigenvalue weighted by Gasteiger charge is 2.20. The summed E-state index contributed by atoms with van der Waals surface area (Å²) in [4.78, 5) is 11.7. The van der Waals surface area contributed by atoms with Crippen LogP contribution in [0.15, 0.2) is 0 Å². The van der Waals surface area contributed by atoms with Crippen LogP contribution >= 0.6 is 0 Å². The molecule has 1 aliphatic heterocycles. The summed E-state index contributed by atoms with van der Waals surface area (Å²) >= 11 is 0. The molecule has 1 rings (SSSR count). The number of hydrogen-bond donors (Lipinski definition) is 2. The Bertz CT molecular complexity index is 218. The standard InChI is InChI=1S/C12H24N2O3/c1-10(12(15)14-7-4-8-16-2)17-11-5-3-6-13-9-11/h10-11,13H,3-9H2,1-2H3,(H,14,15)/t10?,11-/m0/s1. The maximum absolute atomic E-state index is 11.7. The molecule has 0 saturated carbocycles. The summed E-state index contributed by atoms with van der Waals surface area (Å²) in [7, 11) is 1.66. The molecule has 1 unspecified atom stereocenters. The minimum atomic E-state index is -0.373. The summed E-state index contributed by atoms with van der Waals surface area (Å²) in [6.45, 7) is 5.02. The summed E-state index contributed by atoms with van der Waals surface area (Å²) in [6, 6.07) is 0. The molecular weight excluding hydrogens is 220 g/mol. The number of rotatable bonds is 7. The Kier molecular flexibility index (Phi) is 7.16. The van der Waals surface area contributed by atoms with Gasteiger partial charge >= 0.3 is 0 Å². The third-order valence-electron chi connectivity index (χ3n) is 2.84. The van der Waals surface area contributed by atoms with Crippen molar-refractivity contribution >= 4 is 5.91 Å². The van der Waals surface area contributed by atoms with Crippen molar-refractivity contribution in [1.82, 2.24) is 10.6 Å². The number of methoxy groups -OCH3 is 1. The topological polar surface area (TPSA) is 59.6 Å². The van der Waals surface area contributed by atoms with Crippen LogP contribution in [0.3, 0.4) is 0 Å².